The Morgan fingerprint density at radius 2 is 1.79 bits per heavy atom. The minimum Gasteiger partial charge on any atom is -0.508 e. The van der Waals surface area contributed by atoms with E-state index in [0.717, 1.165) is 49.8 Å². The zero-order valence-corrected chi connectivity index (χ0v) is 17.8. The van der Waals surface area contributed by atoms with Gasteiger partial charge < -0.3 is 24.8 Å². The van der Waals surface area contributed by atoms with Gasteiger partial charge in [-0.1, -0.05) is 12.2 Å². The quantitative estimate of drug-likeness (QED) is 0.597. The second-order valence-electron chi connectivity index (χ2n) is 6.61. The van der Waals surface area contributed by atoms with E-state index in [2.05, 4.69) is 41.1 Å². The Labute approximate surface area is 171 Å². The van der Waals surface area contributed by atoms with Gasteiger partial charge in [0, 0.05) is 45.4 Å². The number of amides is 1. The Kier molecular flexibility index (Phi) is 7.44. The fourth-order valence-electron chi connectivity index (χ4n) is 3.35. The van der Waals surface area contributed by atoms with Gasteiger partial charge in [0.05, 0.1) is 0 Å². The Bertz CT molecular complexity index is 830. The number of nitrogens with zero attached hydrogens (tertiary/aromatic N) is 3. The first-order valence-electron chi connectivity index (χ1n) is 9.06. The number of piperazine rings is 1. The summed E-state index contributed by atoms with van der Waals surface area (Å²) in [4.78, 5) is 22.4. The molecular weight excluding hydrogens is 371 g/mol. The lowest BCUT2D eigenvalue weighted by molar-refractivity contribution is 0.0659. The molecule has 7 heteroatoms. The number of phenols is 1. The average molecular weight is 402 g/mol. The molecule has 4 rings (SSSR count). The normalized spacial score (nSPS) is 15.9. The van der Waals surface area contributed by atoms with Crippen LogP contribution in [0, 0.1) is 0 Å². The topological polar surface area (TPSA) is 62.8 Å². The molecular formula is C21H31N4O2P. The monoisotopic (exact) mass is 402 g/mol. The van der Waals surface area contributed by atoms with E-state index < -0.39 is 0 Å². The van der Waals surface area contributed by atoms with E-state index in [-0.39, 0.29) is 23.0 Å². The Morgan fingerprint density at radius 1 is 1.14 bits per heavy atom. The SMILES string of the molecule is C=C.CN1CCN(C(=O)c2cc3c([nH]2)N(c2ccc(O)cc2)CC=C3)CC1.P.[HH]. The number of aromatic amines is 1. The molecule has 0 radical (unpaired) electrons. The summed E-state index contributed by atoms with van der Waals surface area (Å²) < 4.78 is 0. The molecule has 6 nitrogen and oxygen atoms in total. The van der Waals surface area contributed by atoms with E-state index in [4.69, 9.17) is 0 Å². The maximum atomic E-state index is 12.8. The molecule has 0 saturated carbocycles. The van der Waals surface area contributed by atoms with E-state index >= 15 is 0 Å². The van der Waals surface area contributed by atoms with Crippen LogP contribution in [0.5, 0.6) is 5.75 Å². The number of benzene rings is 1. The van der Waals surface area contributed by atoms with Gasteiger partial charge in [-0.2, -0.15) is 9.90 Å². The lowest BCUT2D eigenvalue weighted by Crippen LogP contribution is -2.47. The lowest BCUT2D eigenvalue weighted by Gasteiger charge is -2.32. The molecule has 2 aromatic rings. The van der Waals surface area contributed by atoms with E-state index in [1.54, 1.807) is 12.1 Å². The number of likely N-dealkylation sites (N-methyl/N-ethyl adjacent to an activating group) is 1. The molecule has 2 aliphatic heterocycles. The zero-order chi connectivity index (χ0) is 19.4. The van der Waals surface area contributed by atoms with Crippen molar-refractivity contribution in [3.8, 4) is 5.75 Å². The maximum absolute atomic E-state index is 12.8. The summed E-state index contributed by atoms with van der Waals surface area (Å²) >= 11 is 0. The lowest BCUT2D eigenvalue weighted by atomic mass is 10.1. The van der Waals surface area contributed by atoms with Gasteiger partial charge in [0.2, 0.25) is 0 Å². The minimum atomic E-state index is 0. The summed E-state index contributed by atoms with van der Waals surface area (Å²) in [5.74, 6) is 1.22. The molecule has 1 fully saturated rings. The van der Waals surface area contributed by atoms with Crippen molar-refractivity contribution in [2.24, 2.45) is 0 Å². The molecule has 0 spiro atoms. The van der Waals surface area contributed by atoms with Crippen LogP contribution in [0.4, 0.5) is 11.5 Å². The van der Waals surface area contributed by atoms with Crippen LogP contribution in [0.2, 0.25) is 0 Å². The van der Waals surface area contributed by atoms with Gasteiger partial charge in [-0.05, 0) is 37.4 Å². The van der Waals surface area contributed by atoms with Crippen molar-refractivity contribution in [3.63, 3.8) is 0 Å². The number of phenolic OH excluding ortho intramolecular Hbond substituents is 1. The number of hydrogen-bond donors (Lipinski definition) is 2. The third-order valence-corrected chi connectivity index (χ3v) is 4.86. The molecule has 1 unspecified atom stereocenters. The molecule has 1 saturated heterocycles. The first kappa shape index (κ1) is 21.7. The number of fused-ring (bicyclic) bond motifs is 1. The van der Waals surface area contributed by atoms with Crippen molar-refractivity contribution in [1.82, 2.24) is 14.8 Å². The number of hydrogen-bond acceptors (Lipinski definition) is 4. The van der Waals surface area contributed by atoms with Crippen LogP contribution < -0.4 is 4.90 Å². The number of anilines is 2. The van der Waals surface area contributed by atoms with Gasteiger partial charge >= 0.3 is 0 Å². The minimum absolute atomic E-state index is 0. The van der Waals surface area contributed by atoms with Crippen molar-refractivity contribution in [3.05, 3.63) is 60.8 Å². The molecule has 2 aliphatic rings. The summed E-state index contributed by atoms with van der Waals surface area (Å²) in [5, 5.41) is 9.50. The Morgan fingerprint density at radius 3 is 2.43 bits per heavy atom. The number of carbonyl (C=O) groups is 1. The molecule has 1 aromatic carbocycles. The van der Waals surface area contributed by atoms with E-state index in [0.29, 0.717) is 5.69 Å². The Balaban J connectivity index is 0.00000102. The molecule has 0 bridgehead atoms. The molecule has 2 N–H and O–H groups in total. The van der Waals surface area contributed by atoms with Gasteiger partial charge in [0.1, 0.15) is 17.3 Å². The highest BCUT2D eigenvalue weighted by Crippen LogP contribution is 2.33. The van der Waals surface area contributed by atoms with Crippen LogP contribution in [0.25, 0.3) is 6.08 Å². The largest absolute Gasteiger partial charge is 0.508 e. The number of rotatable bonds is 2. The summed E-state index contributed by atoms with van der Waals surface area (Å²) in [6, 6.07) is 9.03. The fourth-order valence-corrected chi connectivity index (χ4v) is 3.35. The third kappa shape index (κ3) is 4.46. The zero-order valence-electron chi connectivity index (χ0n) is 16.4. The Hall–Kier alpha value is -2.56. The maximum Gasteiger partial charge on any atom is 0.270 e. The second-order valence-corrected chi connectivity index (χ2v) is 6.61. The summed E-state index contributed by atoms with van der Waals surface area (Å²) in [7, 11) is 2.08. The molecule has 3 heterocycles. The van der Waals surface area contributed by atoms with Crippen LogP contribution in [0.15, 0.2) is 49.6 Å². The van der Waals surface area contributed by atoms with Crippen LogP contribution in [-0.2, 0) is 0 Å². The smallest absolute Gasteiger partial charge is 0.270 e. The van der Waals surface area contributed by atoms with Crippen LogP contribution >= 0.6 is 9.90 Å². The summed E-state index contributed by atoms with van der Waals surface area (Å²) in [6.07, 6.45) is 4.12. The van der Waals surface area contributed by atoms with Crippen LogP contribution in [0.1, 0.15) is 17.5 Å². The highest BCUT2D eigenvalue weighted by Gasteiger charge is 2.25. The van der Waals surface area contributed by atoms with E-state index in [1.165, 1.54) is 0 Å². The van der Waals surface area contributed by atoms with Crippen molar-refractivity contribution in [2.75, 3.05) is 44.7 Å². The number of nitrogens with one attached hydrogen (secondary N) is 1. The first-order chi connectivity index (χ1) is 13.1. The van der Waals surface area contributed by atoms with Gasteiger partial charge in [0.15, 0.2) is 0 Å². The fraction of sp³-hybridized carbons (Fsp3) is 0.286. The molecule has 0 aliphatic carbocycles. The highest BCUT2D eigenvalue weighted by molar-refractivity contribution is 6.92. The van der Waals surface area contributed by atoms with Crippen molar-refractivity contribution >= 4 is 33.4 Å². The summed E-state index contributed by atoms with van der Waals surface area (Å²) in [6.45, 7) is 10.1. The predicted molar refractivity (Wildman–Crippen MR) is 123 cm³/mol. The standard InChI is InChI=1S/C19H22N4O2.C2H4.H3P.H2/c1-21-9-11-22(12-10-21)19(25)17-13-14-3-2-8-23(18(14)20-17)15-4-6-16(24)7-5-15;1-2;;/h2-7,13,20,24H,8-12H2,1H3;1-2H2;1H3;1H. The van der Waals surface area contributed by atoms with Gasteiger partial charge in [-0.25, -0.2) is 0 Å². The van der Waals surface area contributed by atoms with E-state index in [1.807, 2.05) is 29.2 Å². The molecule has 1 atom stereocenters. The average Bonchev–Trinajstić information content (AvgIpc) is 3.15. The van der Waals surface area contributed by atoms with E-state index in [9.17, 15) is 9.90 Å². The molecule has 1 aromatic heterocycles. The summed E-state index contributed by atoms with van der Waals surface area (Å²) in [5.41, 5.74) is 2.62. The van der Waals surface area contributed by atoms with Gasteiger partial charge in [-0.3, -0.25) is 4.79 Å². The number of H-pyrrole nitrogens is 1. The van der Waals surface area contributed by atoms with Gasteiger partial charge in [-0.15, -0.1) is 13.2 Å². The molecule has 152 valence electrons. The third-order valence-electron chi connectivity index (χ3n) is 4.86. The molecule has 28 heavy (non-hydrogen) atoms. The highest BCUT2D eigenvalue weighted by atomic mass is 31.0. The predicted octanol–water partition coefficient (Wildman–Crippen LogP) is 3.38. The number of aromatic hydroxyl groups is 1. The molecule has 1 amide bonds. The van der Waals surface area contributed by atoms with Crippen molar-refractivity contribution in [1.29, 1.82) is 0 Å². The first-order valence-corrected chi connectivity index (χ1v) is 9.06. The van der Waals surface area contributed by atoms with Crippen LogP contribution in [-0.4, -0.2) is 65.6 Å². The van der Waals surface area contributed by atoms with Gasteiger partial charge in [0.25, 0.3) is 5.91 Å². The van der Waals surface area contributed by atoms with Crippen LogP contribution in [0.3, 0.4) is 0 Å². The van der Waals surface area contributed by atoms with Crippen molar-refractivity contribution < 1.29 is 11.3 Å². The second kappa shape index (κ2) is 9.58. The van der Waals surface area contributed by atoms with Crippen molar-refractivity contribution in [2.45, 2.75) is 0 Å². The number of aromatic nitrogens is 1. The number of carbonyl (C=O) groups excluding carboxylic acids is 1.